The van der Waals surface area contributed by atoms with Crippen LogP contribution in [0.15, 0.2) is 6.07 Å². The summed E-state index contributed by atoms with van der Waals surface area (Å²) in [6.45, 7) is 0. The van der Waals surface area contributed by atoms with Crippen LogP contribution in [0.5, 0.6) is 0 Å². The molecule has 1 aliphatic heterocycles. The molecule has 27 heavy (non-hydrogen) atoms. The van der Waals surface area contributed by atoms with E-state index in [0.29, 0.717) is 19.3 Å². The van der Waals surface area contributed by atoms with E-state index in [-0.39, 0.29) is 5.91 Å². The van der Waals surface area contributed by atoms with Gasteiger partial charge in [0.2, 0.25) is 5.91 Å². The van der Waals surface area contributed by atoms with Gasteiger partial charge < -0.3 is 10.2 Å². The number of piperidine rings is 1. The summed E-state index contributed by atoms with van der Waals surface area (Å²) in [5, 5.41) is 1.83. The van der Waals surface area contributed by atoms with Crippen molar-refractivity contribution in [2.24, 2.45) is 0 Å². The number of hydrogen-bond donors (Lipinski definition) is 2. The summed E-state index contributed by atoms with van der Waals surface area (Å²) in [5.74, 6) is -0.212. The lowest BCUT2D eigenvalue weighted by Gasteiger charge is -2.31. The van der Waals surface area contributed by atoms with Crippen molar-refractivity contribution in [1.29, 1.82) is 0 Å². The van der Waals surface area contributed by atoms with Crippen LogP contribution in [-0.2, 0) is 40.5 Å². The zero-order valence-corrected chi connectivity index (χ0v) is 16.3. The number of carbonyl (C=O) groups is 2. The van der Waals surface area contributed by atoms with Crippen molar-refractivity contribution in [2.45, 2.75) is 63.2 Å². The molecule has 0 spiro atoms. The Morgan fingerprint density at radius 1 is 1.04 bits per heavy atom. The molecule has 2 N–H and O–H groups in total. The van der Waals surface area contributed by atoms with Gasteiger partial charge in [-0.3, -0.25) is 4.79 Å². The summed E-state index contributed by atoms with van der Waals surface area (Å²) >= 11 is 0. The predicted octanol–water partition coefficient (Wildman–Crippen LogP) is 2.08. The minimum atomic E-state index is -3.97. The van der Waals surface area contributed by atoms with Crippen molar-refractivity contribution >= 4 is 27.6 Å². The maximum absolute atomic E-state index is 12.6. The standard InChI is InChI=1S/C19H25N3O4S/c1-22-16(23)9-4-10-17(22)27(25,26)21-19(24)20-18-14-7-2-5-12(14)11-13-6-3-8-15(13)18/h11,17H,2-10H2,1H3,(H2,20,21,24). The Labute approximate surface area is 159 Å². The summed E-state index contributed by atoms with van der Waals surface area (Å²) in [6.07, 6.45) is 7.13. The van der Waals surface area contributed by atoms with Crippen LogP contribution < -0.4 is 10.0 Å². The van der Waals surface area contributed by atoms with Crippen molar-refractivity contribution < 1.29 is 18.0 Å². The first kappa shape index (κ1) is 18.3. The van der Waals surface area contributed by atoms with Gasteiger partial charge in [-0.25, -0.2) is 17.9 Å². The highest BCUT2D eigenvalue weighted by atomic mass is 32.2. The number of anilines is 1. The molecular weight excluding hydrogens is 366 g/mol. The fraction of sp³-hybridized carbons (Fsp3) is 0.579. The maximum atomic E-state index is 12.6. The molecule has 1 aromatic rings. The van der Waals surface area contributed by atoms with E-state index in [1.165, 1.54) is 23.1 Å². The molecule has 2 aliphatic carbocycles. The fourth-order valence-corrected chi connectivity index (χ4v) is 6.08. The number of amides is 3. The van der Waals surface area contributed by atoms with Crippen LogP contribution in [0.25, 0.3) is 0 Å². The van der Waals surface area contributed by atoms with E-state index >= 15 is 0 Å². The minimum absolute atomic E-state index is 0.212. The zero-order chi connectivity index (χ0) is 19.2. The molecule has 0 bridgehead atoms. The molecule has 0 saturated carbocycles. The number of nitrogens with one attached hydrogen (secondary N) is 2. The van der Waals surface area contributed by atoms with Crippen LogP contribution in [0.1, 0.15) is 54.4 Å². The number of rotatable bonds is 3. The lowest BCUT2D eigenvalue weighted by Crippen LogP contribution is -2.51. The minimum Gasteiger partial charge on any atom is -0.327 e. The van der Waals surface area contributed by atoms with Crippen LogP contribution in [0.3, 0.4) is 0 Å². The summed E-state index contributed by atoms with van der Waals surface area (Å²) < 4.78 is 27.4. The lowest BCUT2D eigenvalue weighted by atomic mass is 9.99. The Kier molecular flexibility index (Phi) is 4.61. The number of urea groups is 1. The Bertz CT molecular complexity index is 878. The van der Waals surface area contributed by atoms with Gasteiger partial charge in [-0.2, -0.15) is 0 Å². The van der Waals surface area contributed by atoms with E-state index in [2.05, 4.69) is 16.1 Å². The average Bonchev–Trinajstić information content (AvgIpc) is 3.25. The second kappa shape index (κ2) is 6.82. The third-order valence-electron chi connectivity index (χ3n) is 5.97. The molecule has 1 aromatic carbocycles. The first-order chi connectivity index (χ1) is 12.9. The molecule has 0 aromatic heterocycles. The van der Waals surface area contributed by atoms with E-state index in [0.717, 1.165) is 55.3 Å². The van der Waals surface area contributed by atoms with Gasteiger partial charge in [0.05, 0.1) is 0 Å². The van der Waals surface area contributed by atoms with Gasteiger partial charge in [-0.05, 0) is 73.6 Å². The number of nitrogens with zero attached hydrogens (tertiary/aromatic N) is 1. The van der Waals surface area contributed by atoms with Crippen molar-refractivity contribution in [2.75, 3.05) is 12.4 Å². The molecule has 3 amide bonds. The lowest BCUT2D eigenvalue weighted by molar-refractivity contribution is -0.132. The Morgan fingerprint density at radius 3 is 2.30 bits per heavy atom. The van der Waals surface area contributed by atoms with Crippen LogP contribution in [0.4, 0.5) is 10.5 Å². The maximum Gasteiger partial charge on any atom is 0.332 e. The predicted molar refractivity (Wildman–Crippen MR) is 102 cm³/mol. The highest BCUT2D eigenvalue weighted by Crippen LogP contribution is 2.38. The third-order valence-corrected chi connectivity index (χ3v) is 7.71. The highest BCUT2D eigenvalue weighted by Gasteiger charge is 2.36. The van der Waals surface area contributed by atoms with Crippen molar-refractivity contribution in [3.05, 3.63) is 28.3 Å². The summed E-state index contributed by atoms with van der Waals surface area (Å²) in [4.78, 5) is 25.6. The average molecular weight is 391 g/mol. The van der Waals surface area contributed by atoms with Gasteiger partial charge in [0.15, 0.2) is 5.37 Å². The molecule has 146 valence electrons. The molecule has 0 radical (unpaired) electrons. The Hall–Kier alpha value is -2.09. The van der Waals surface area contributed by atoms with E-state index in [9.17, 15) is 18.0 Å². The largest absolute Gasteiger partial charge is 0.332 e. The quantitative estimate of drug-likeness (QED) is 0.825. The van der Waals surface area contributed by atoms with E-state index in [1.54, 1.807) is 0 Å². The number of likely N-dealkylation sites (tertiary alicyclic amines) is 1. The zero-order valence-electron chi connectivity index (χ0n) is 15.5. The van der Waals surface area contributed by atoms with Crippen molar-refractivity contribution in [3.63, 3.8) is 0 Å². The molecular formula is C19H25N3O4S. The fourth-order valence-electron chi connectivity index (χ4n) is 4.63. The monoisotopic (exact) mass is 391 g/mol. The molecule has 1 atom stereocenters. The van der Waals surface area contributed by atoms with E-state index < -0.39 is 21.4 Å². The van der Waals surface area contributed by atoms with Gasteiger partial charge in [-0.15, -0.1) is 0 Å². The highest BCUT2D eigenvalue weighted by molar-refractivity contribution is 7.90. The number of benzene rings is 1. The SMILES string of the molecule is CN1C(=O)CCCC1S(=O)(=O)NC(=O)Nc1c2c(cc3c1CCC3)CCC2. The van der Waals surface area contributed by atoms with Gasteiger partial charge in [0.1, 0.15) is 0 Å². The molecule has 1 unspecified atom stereocenters. The van der Waals surface area contributed by atoms with Crippen molar-refractivity contribution in [3.8, 4) is 0 Å². The smallest absolute Gasteiger partial charge is 0.327 e. The van der Waals surface area contributed by atoms with E-state index in [4.69, 9.17) is 0 Å². The normalized spacial score (nSPS) is 21.7. The number of aryl methyl sites for hydroxylation is 2. The summed E-state index contributed by atoms with van der Waals surface area (Å²) in [7, 11) is -2.50. The molecule has 7 nitrogen and oxygen atoms in total. The molecule has 3 aliphatic rings. The summed E-state index contributed by atoms with van der Waals surface area (Å²) in [5.41, 5.74) is 5.64. The molecule has 8 heteroatoms. The van der Waals surface area contributed by atoms with Crippen LogP contribution in [0, 0.1) is 0 Å². The Morgan fingerprint density at radius 2 is 1.67 bits per heavy atom. The number of sulfonamides is 1. The van der Waals surface area contributed by atoms with Gasteiger partial charge in [0.25, 0.3) is 10.0 Å². The van der Waals surface area contributed by atoms with Gasteiger partial charge >= 0.3 is 6.03 Å². The molecule has 1 saturated heterocycles. The summed E-state index contributed by atoms with van der Waals surface area (Å²) in [6, 6.07) is 1.52. The van der Waals surface area contributed by atoms with Crippen LogP contribution >= 0.6 is 0 Å². The first-order valence-electron chi connectivity index (χ1n) is 9.61. The second-order valence-corrected chi connectivity index (χ2v) is 9.53. The van der Waals surface area contributed by atoms with Gasteiger partial charge in [0, 0.05) is 19.2 Å². The van der Waals surface area contributed by atoms with Crippen molar-refractivity contribution in [1.82, 2.24) is 9.62 Å². The molecule has 4 rings (SSSR count). The topological polar surface area (TPSA) is 95.6 Å². The second-order valence-electron chi connectivity index (χ2n) is 7.69. The first-order valence-corrected chi connectivity index (χ1v) is 11.2. The number of carbonyl (C=O) groups excluding carboxylic acids is 2. The molecule has 1 fully saturated rings. The van der Waals surface area contributed by atoms with Crippen LogP contribution in [0.2, 0.25) is 0 Å². The molecule has 1 heterocycles. The Balaban J connectivity index is 1.55. The number of hydrogen-bond acceptors (Lipinski definition) is 4. The number of fused-ring (bicyclic) bond motifs is 2. The third kappa shape index (κ3) is 3.31. The van der Waals surface area contributed by atoms with E-state index in [1.807, 2.05) is 0 Å². The van der Waals surface area contributed by atoms with Crippen LogP contribution in [-0.4, -0.2) is 37.7 Å². The van der Waals surface area contributed by atoms with Gasteiger partial charge in [-0.1, -0.05) is 6.07 Å².